The van der Waals surface area contributed by atoms with Crippen LogP contribution in [0.25, 0.3) is 75.0 Å². The van der Waals surface area contributed by atoms with Crippen LogP contribution in [0.5, 0.6) is 0 Å². The molecule has 0 aliphatic rings. The molecule has 4 nitrogen and oxygen atoms in total. The van der Waals surface area contributed by atoms with E-state index in [1.807, 2.05) is 47.9 Å². The molecule has 4 heterocycles. The lowest BCUT2D eigenvalue weighted by molar-refractivity contribution is 0.668. The third-order valence-electron chi connectivity index (χ3n) is 8.69. The Hall–Kier alpha value is -5.65. The van der Waals surface area contributed by atoms with Crippen molar-refractivity contribution in [3.8, 4) is 0 Å². The van der Waals surface area contributed by atoms with Crippen LogP contribution in [0, 0.1) is 0 Å². The Morgan fingerprint density at radius 2 is 1.16 bits per heavy atom. The monoisotopic (exact) mass is 582 g/mol. The minimum atomic E-state index is 0.794. The molecular formula is C39H22N2O2S. The van der Waals surface area contributed by atoms with E-state index in [1.54, 1.807) is 0 Å². The zero-order valence-corrected chi connectivity index (χ0v) is 24.1. The summed E-state index contributed by atoms with van der Waals surface area (Å²) in [5.41, 5.74) is 7.43. The standard InChI is InChI=1S/C39H22N2O2S/c1-3-8-32-27(6-1)28-16-14-25(21-35(28)42-32)41(26-15-17-30-29-7-2-4-10-36(29)44-37(30)22-26)24-13-11-23-12-18-33-38(31(23)20-24)39-34(43-33)9-5-19-40-39/h1-22H. The lowest BCUT2D eigenvalue weighted by Gasteiger charge is -2.26. The lowest BCUT2D eigenvalue weighted by Crippen LogP contribution is -2.09. The van der Waals surface area contributed by atoms with Crippen molar-refractivity contribution in [2.75, 3.05) is 4.90 Å². The van der Waals surface area contributed by atoms with E-state index in [-0.39, 0.29) is 0 Å². The predicted octanol–water partition coefficient (Wildman–Crippen LogP) is 11.9. The second kappa shape index (κ2) is 8.93. The van der Waals surface area contributed by atoms with Crippen LogP contribution in [0.15, 0.2) is 142 Å². The average molecular weight is 583 g/mol. The molecular weight excluding hydrogens is 561 g/mol. The smallest absolute Gasteiger partial charge is 0.153 e. The van der Waals surface area contributed by atoms with Crippen molar-refractivity contribution in [1.29, 1.82) is 0 Å². The summed E-state index contributed by atoms with van der Waals surface area (Å²) >= 11 is 1.83. The fraction of sp³-hybridized carbons (Fsp3) is 0. The quantitative estimate of drug-likeness (QED) is 0.208. The molecule has 44 heavy (non-hydrogen) atoms. The van der Waals surface area contributed by atoms with Crippen LogP contribution in [-0.2, 0) is 0 Å². The van der Waals surface area contributed by atoms with Crippen LogP contribution in [0.3, 0.4) is 0 Å². The number of fused-ring (bicyclic) bond motifs is 11. The van der Waals surface area contributed by atoms with Gasteiger partial charge in [-0.3, -0.25) is 4.98 Å². The van der Waals surface area contributed by atoms with Gasteiger partial charge < -0.3 is 13.7 Å². The molecule has 10 rings (SSSR count). The van der Waals surface area contributed by atoms with Gasteiger partial charge in [0.2, 0.25) is 0 Å². The van der Waals surface area contributed by atoms with Crippen LogP contribution in [0.2, 0.25) is 0 Å². The van der Waals surface area contributed by atoms with Gasteiger partial charge in [-0.25, -0.2) is 0 Å². The molecule has 0 bridgehead atoms. The number of thiophene rings is 1. The average Bonchev–Trinajstić information content (AvgIpc) is 3.75. The summed E-state index contributed by atoms with van der Waals surface area (Å²) in [6.07, 6.45) is 1.83. The lowest BCUT2D eigenvalue weighted by atomic mass is 10.0. The molecule has 206 valence electrons. The Kier molecular flexibility index (Phi) is 4.84. The Morgan fingerprint density at radius 1 is 0.477 bits per heavy atom. The summed E-state index contributed by atoms with van der Waals surface area (Å²) in [6.45, 7) is 0. The molecule has 0 spiro atoms. The molecule has 0 saturated heterocycles. The van der Waals surface area contributed by atoms with Crippen molar-refractivity contribution in [1.82, 2.24) is 4.98 Å². The second-order valence-electron chi connectivity index (χ2n) is 11.2. The van der Waals surface area contributed by atoms with Crippen molar-refractivity contribution >= 4 is 103 Å². The highest BCUT2D eigenvalue weighted by molar-refractivity contribution is 7.25. The van der Waals surface area contributed by atoms with Crippen LogP contribution in [-0.4, -0.2) is 4.98 Å². The van der Waals surface area contributed by atoms with Crippen molar-refractivity contribution in [3.05, 3.63) is 134 Å². The number of hydrogen-bond donors (Lipinski definition) is 0. The molecule has 0 fully saturated rings. The topological polar surface area (TPSA) is 42.4 Å². The van der Waals surface area contributed by atoms with Gasteiger partial charge in [-0.2, -0.15) is 0 Å². The number of pyridine rings is 1. The Balaban J connectivity index is 1.24. The zero-order chi connectivity index (χ0) is 28.8. The first-order valence-corrected chi connectivity index (χ1v) is 15.4. The van der Waals surface area contributed by atoms with Crippen LogP contribution >= 0.6 is 11.3 Å². The number of hydrogen-bond acceptors (Lipinski definition) is 5. The Labute approximate surface area is 255 Å². The summed E-state index contributed by atoms with van der Waals surface area (Å²) < 4.78 is 15.1. The van der Waals surface area contributed by atoms with E-state index in [4.69, 9.17) is 13.8 Å². The second-order valence-corrected chi connectivity index (χ2v) is 12.3. The summed E-state index contributed by atoms with van der Waals surface area (Å²) in [5, 5.41) is 8.09. The highest BCUT2D eigenvalue weighted by Gasteiger charge is 2.19. The predicted molar refractivity (Wildman–Crippen MR) is 184 cm³/mol. The molecule has 0 aliphatic carbocycles. The maximum absolute atomic E-state index is 6.35. The number of rotatable bonds is 3. The first-order chi connectivity index (χ1) is 21.8. The van der Waals surface area contributed by atoms with Gasteiger partial charge in [-0.1, -0.05) is 54.6 Å². The number of furan rings is 2. The van der Waals surface area contributed by atoms with E-state index >= 15 is 0 Å². The summed E-state index contributed by atoms with van der Waals surface area (Å²) in [5.74, 6) is 0. The Morgan fingerprint density at radius 3 is 2.11 bits per heavy atom. The first-order valence-electron chi connectivity index (χ1n) is 14.6. The highest BCUT2D eigenvalue weighted by atomic mass is 32.1. The normalized spacial score (nSPS) is 12.1. The number of para-hydroxylation sites is 1. The van der Waals surface area contributed by atoms with E-state index in [2.05, 4.69) is 102 Å². The fourth-order valence-electron chi connectivity index (χ4n) is 6.69. The van der Waals surface area contributed by atoms with Gasteiger partial charge in [0.25, 0.3) is 0 Å². The molecule has 0 atom stereocenters. The number of nitrogens with zero attached hydrogens (tertiary/aromatic N) is 2. The highest BCUT2D eigenvalue weighted by Crippen LogP contribution is 2.44. The maximum atomic E-state index is 6.35. The van der Waals surface area contributed by atoms with E-state index < -0.39 is 0 Å². The van der Waals surface area contributed by atoms with Crippen molar-refractivity contribution in [2.24, 2.45) is 0 Å². The largest absolute Gasteiger partial charge is 0.456 e. The molecule has 4 aromatic heterocycles. The fourth-order valence-corrected chi connectivity index (χ4v) is 7.83. The van der Waals surface area contributed by atoms with Gasteiger partial charge in [0, 0.05) is 60.3 Å². The maximum Gasteiger partial charge on any atom is 0.153 e. The van der Waals surface area contributed by atoms with Crippen LogP contribution in [0.4, 0.5) is 17.1 Å². The molecule has 10 aromatic rings. The molecule has 0 saturated carbocycles. The van der Waals surface area contributed by atoms with Crippen molar-refractivity contribution in [2.45, 2.75) is 0 Å². The third kappa shape index (κ3) is 3.41. The number of benzene rings is 6. The van der Waals surface area contributed by atoms with E-state index in [0.29, 0.717) is 0 Å². The molecule has 5 heteroatoms. The summed E-state index contributed by atoms with van der Waals surface area (Å²) in [4.78, 5) is 7.03. The number of anilines is 3. The first kappa shape index (κ1) is 23.9. The van der Waals surface area contributed by atoms with Gasteiger partial charge in [-0.15, -0.1) is 11.3 Å². The van der Waals surface area contributed by atoms with E-state index in [0.717, 1.165) is 71.8 Å². The molecule has 0 radical (unpaired) electrons. The van der Waals surface area contributed by atoms with Crippen LogP contribution in [0.1, 0.15) is 0 Å². The molecule has 0 N–H and O–H groups in total. The number of aromatic nitrogens is 1. The van der Waals surface area contributed by atoms with Crippen molar-refractivity contribution < 1.29 is 8.83 Å². The van der Waals surface area contributed by atoms with Gasteiger partial charge >= 0.3 is 0 Å². The third-order valence-corrected chi connectivity index (χ3v) is 9.83. The summed E-state index contributed by atoms with van der Waals surface area (Å²) in [6, 6.07) is 44.9. The van der Waals surface area contributed by atoms with Gasteiger partial charge in [0.15, 0.2) is 5.58 Å². The molecule has 6 aromatic carbocycles. The SMILES string of the molecule is c1ccc2c(c1)oc1cc(N(c3ccc4c(c3)sc3ccccc34)c3ccc4ccc5oc6cccnc6c5c4c3)ccc12. The van der Waals surface area contributed by atoms with E-state index in [1.165, 1.54) is 20.2 Å². The zero-order valence-electron chi connectivity index (χ0n) is 23.3. The van der Waals surface area contributed by atoms with Crippen LogP contribution < -0.4 is 4.90 Å². The van der Waals surface area contributed by atoms with Gasteiger partial charge in [0.05, 0.1) is 5.39 Å². The molecule has 0 amide bonds. The molecule has 0 unspecified atom stereocenters. The van der Waals surface area contributed by atoms with Gasteiger partial charge in [0.1, 0.15) is 22.3 Å². The van der Waals surface area contributed by atoms with Crippen molar-refractivity contribution in [3.63, 3.8) is 0 Å². The minimum absolute atomic E-state index is 0.794. The Bertz CT molecular complexity index is 2640. The van der Waals surface area contributed by atoms with Gasteiger partial charge in [-0.05, 0) is 77.5 Å². The van der Waals surface area contributed by atoms with E-state index in [9.17, 15) is 0 Å². The minimum Gasteiger partial charge on any atom is -0.456 e. The summed E-state index contributed by atoms with van der Waals surface area (Å²) in [7, 11) is 0. The molecule has 0 aliphatic heterocycles.